The molecule has 2 amide bonds. The Hall–Kier alpha value is -2.13. The lowest BCUT2D eigenvalue weighted by atomic mass is 9.99. The van der Waals surface area contributed by atoms with Gasteiger partial charge in [-0.3, -0.25) is 4.98 Å². The molecule has 2 heterocycles. The summed E-state index contributed by atoms with van der Waals surface area (Å²) in [6.07, 6.45) is -1.07. The lowest BCUT2D eigenvalue weighted by molar-refractivity contribution is -0.137. The van der Waals surface area contributed by atoms with Gasteiger partial charge < -0.3 is 15.5 Å². The molecule has 1 aliphatic heterocycles. The summed E-state index contributed by atoms with van der Waals surface area (Å²) < 4.78 is 38.7. The highest BCUT2D eigenvalue weighted by atomic mass is 32.1. The molecule has 1 aliphatic rings. The number of hydrogen-bond donors (Lipinski definition) is 2. The SMILES string of the molecule is CC(C)(C)NC(=O)N1CCC(NC(c2ccc(C(F)(F)F)cc2)c2cncs2)CC1. The maximum absolute atomic E-state index is 12.9. The molecule has 0 aliphatic carbocycles. The number of thiazole rings is 1. The Bertz CT molecular complexity index is 823. The van der Waals surface area contributed by atoms with Crippen LogP contribution in [0.5, 0.6) is 0 Å². The predicted octanol–water partition coefficient (Wildman–Crippen LogP) is 4.81. The molecule has 9 heteroatoms. The van der Waals surface area contributed by atoms with E-state index < -0.39 is 11.7 Å². The van der Waals surface area contributed by atoms with Crippen LogP contribution < -0.4 is 10.6 Å². The number of aromatic nitrogens is 1. The van der Waals surface area contributed by atoms with E-state index in [-0.39, 0.29) is 23.7 Å². The number of benzene rings is 1. The summed E-state index contributed by atoms with van der Waals surface area (Å²) >= 11 is 1.47. The molecular weight excluding hydrogens is 413 g/mol. The largest absolute Gasteiger partial charge is 0.416 e. The monoisotopic (exact) mass is 440 g/mol. The van der Waals surface area contributed by atoms with Gasteiger partial charge in [0.25, 0.3) is 0 Å². The first-order valence-electron chi connectivity index (χ1n) is 9.91. The Labute approximate surface area is 178 Å². The van der Waals surface area contributed by atoms with Crippen LogP contribution in [0.15, 0.2) is 36.0 Å². The molecule has 1 aromatic carbocycles. The van der Waals surface area contributed by atoms with Crippen LogP contribution in [0.25, 0.3) is 0 Å². The topological polar surface area (TPSA) is 57.3 Å². The fourth-order valence-corrected chi connectivity index (χ4v) is 4.17. The number of rotatable bonds is 4. The summed E-state index contributed by atoms with van der Waals surface area (Å²) in [5.74, 6) is 0. The molecule has 0 saturated carbocycles. The quantitative estimate of drug-likeness (QED) is 0.717. The molecule has 0 bridgehead atoms. The second-order valence-electron chi connectivity index (χ2n) is 8.56. The van der Waals surface area contributed by atoms with Crippen molar-refractivity contribution in [2.45, 2.75) is 57.4 Å². The van der Waals surface area contributed by atoms with Crippen molar-refractivity contribution < 1.29 is 18.0 Å². The molecule has 5 nitrogen and oxygen atoms in total. The van der Waals surface area contributed by atoms with Crippen molar-refractivity contribution in [3.63, 3.8) is 0 Å². The van der Waals surface area contributed by atoms with Crippen molar-refractivity contribution in [2.75, 3.05) is 13.1 Å². The van der Waals surface area contributed by atoms with E-state index in [0.717, 1.165) is 35.4 Å². The first-order chi connectivity index (χ1) is 14.0. The van der Waals surface area contributed by atoms with Gasteiger partial charge >= 0.3 is 12.2 Å². The van der Waals surface area contributed by atoms with Crippen molar-refractivity contribution in [3.8, 4) is 0 Å². The average Bonchev–Trinajstić information content (AvgIpc) is 3.19. The van der Waals surface area contributed by atoms with E-state index >= 15 is 0 Å². The van der Waals surface area contributed by atoms with E-state index in [1.54, 1.807) is 11.7 Å². The Balaban J connectivity index is 1.67. The summed E-state index contributed by atoms with van der Waals surface area (Å²) in [6.45, 7) is 7.10. The molecule has 1 saturated heterocycles. The lowest BCUT2D eigenvalue weighted by Crippen LogP contribution is -2.52. The summed E-state index contributed by atoms with van der Waals surface area (Å²) in [5.41, 5.74) is 1.53. The highest BCUT2D eigenvalue weighted by molar-refractivity contribution is 7.09. The molecular formula is C21H27F3N4OS. The number of piperidine rings is 1. The van der Waals surface area contributed by atoms with Crippen molar-refractivity contribution in [2.24, 2.45) is 0 Å². The van der Waals surface area contributed by atoms with Gasteiger partial charge in [-0.2, -0.15) is 13.2 Å². The van der Waals surface area contributed by atoms with Crippen LogP contribution in [0.2, 0.25) is 0 Å². The number of amides is 2. The summed E-state index contributed by atoms with van der Waals surface area (Å²) in [5, 5.41) is 6.55. The Morgan fingerprint density at radius 1 is 1.17 bits per heavy atom. The molecule has 164 valence electrons. The zero-order chi connectivity index (χ0) is 21.9. The van der Waals surface area contributed by atoms with Crippen LogP contribution in [0, 0.1) is 0 Å². The van der Waals surface area contributed by atoms with Crippen LogP contribution in [-0.2, 0) is 6.18 Å². The molecule has 30 heavy (non-hydrogen) atoms. The normalized spacial score (nSPS) is 17.1. The number of alkyl halides is 3. The molecule has 1 atom stereocenters. The lowest BCUT2D eigenvalue weighted by Gasteiger charge is -2.36. The second-order valence-corrected chi connectivity index (χ2v) is 9.48. The Morgan fingerprint density at radius 2 is 1.80 bits per heavy atom. The number of likely N-dealkylation sites (tertiary alicyclic amines) is 1. The molecule has 0 radical (unpaired) electrons. The van der Waals surface area contributed by atoms with Gasteiger partial charge in [0.05, 0.1) is 17.1 Å². The van der Waals surface area contributed by atoms with Crippen molar-refractivity contribution in [1.82, 2.24) is 20.5 Å². The predicted molar refractivity (Wildman–Crippen MR) is 111 cm³/mol. The molecule has 1 aromatic heterocycles. The highest BCUT2D eigenvalue weighted by Crippen LogP contribution is 2.32. The molecule has 0 spiro atoms. The van der Waals surface area contributed by atoms with Gasteiger partial charge in [-0.25, -0.2) is 4.79 Å². The number of halogens is 3. The van der Waals surface area contributed by atoms with Crippen LogP contribution in [-0.4, -0.2) is 40.6 Å². The Kier molecular flexibility index (Phi) is 6.71. The number of hydrogen-bond acceptors (Lipinski definition) is 4. The van der Waals surface area contributed by atoms with Crippen molar-refractivity contribution >= 4 is 17.4 Å². The van der Waals surface area contributed by atoms with Gasteiger partial charge in [0.15, 0.2) is 0 Å². The minimum Gasteiger partial charge on any atom is -0.333 e. The maximum atomic E-state index is 12.9. The summed E-state index contributed by atoms with van der Waals surface area (Å²) in [6, 6.07) is 5.12. The summed E-state index contributed by atoms with van der Waals surface area (Å²) in [4.78, 5) is 19.2. The molecule has 1 fully saturated rings. The Morgan fingerprint density at radius 3 is 2.30 bits per heavy atom. The van der Waals surface area contributed by atoms with Crippen LogP contribution in [0.1, 0.15) is 55.7 Å². The second kappa shape index (κ2) is 8.93. The number of urea groups is 1. The van der Waals surface area contributed by atoms with Crippen LogP contribution in [0.4, 0.5) is 18.0 Å². The van der Waals surface area contributed by atoms with E-state index in [0.29, 0.717) is 13.1 Å². The van der Waals surface area contributed by atoms with Gasteiger partial charge in [0.1, 0.15) is 0 Å². The van der Waals surface area contributed by atoms with E-state index in [9.17, 15) is 18.0 Å². The van der Waals surface area contributed by atoms with Gasteiger partial charge in [0, 0.05) is 35.7 Å². The standard InChI is InChI=1S/C21H27F3N4OS/c1-20(2,3)27-19(29)28-10-8-16(9-11-28)26-18(17-12-25-13-30-17)14-4-6-15(7-5-14)21(22,23)24/h4-7,12-13,16,18,26H,8-11H2,1-3H3,(H,27,29). The minimum absolute atomic E-state index is 0.0669. The number of nitrogens with zero attached hydrogens (tertiary/aromatic N) is 2. The zero-order valence-electron chi connectivity index (χ0n) is 17.3. The molecule has 1 unspecified atom stereocenters. The van der Waals surface area contributed by atoms with Gasteiger partial charge in [0.2, 0.25) is 0 Å². The van der Waals surface area contributed by atoms with Gasteiger partial charge in [-0.1, -0.05) is 12.1 Å². The van der Waals surface area contributed by atoms with Crippen LogP contribution in [0.3, 0.4) is 0 Å². The minimum atomic E-state index is -4.35. The zero-order valence-corrected chi connectivity index (χ0v) is 18.1. The number of carbonyl (C=O) groups excluding carboxylic acids is 1. The third kappa shape index (κ3) is 5.95. The van der Waals surface area contributed by atoms with E-state index in [1.807, 2.05) is 25.7 Å². The molecule has 2 aromatic rings. The van der Waals surface area contributed by atoms with Gasteiger partial charge in [-0.05, 0) is 51.3 Å². The number of nitrogens with one attached hydrogen (secondary N) is 2. The molecule has 2 N–H and O–H groups in total. The third-order valence-electron chi connectivity index (χ3n) is 4.97. The third-order valence-corrected chi connectivity index (χ3v) is 5.81. The molecule has 3 rings (SSSR count). The fraction of sp³-hybridized carbons (Fsp3) is 0.524. The first kappa shape index (κ1) is 22.6. The van der Waals surface area contributed by atoms with Crippen molar-refractivity contribution in [3.05, 3.63) is 52.0 Å². The first-order valence-corrected chi connectivity index (χ1v) is 10.8. The van der Waals surface area contributed by atoms with E-state index in [2.05, 4.69) is 15.6 Å². The fourth-order valence-electron chi connectivity index (χ4n) is 3.46. The average molecular weight is 441 g/mol. The van der Waals surface area contributed by atoms with E-state index in [4.69, 9.17) is 0 Å². The smallest absolute Gasteiger partial charge is 0.333 e. The van der Waals surface area contributed by atoms with Crippen molar-refractivity contribution in [1.29, 1.82) is 0 Å². The highest BCUT2D eigenvalue weighted by Gasteiger charge is 2.31. The van der Waals surface area contributed by atoms with Gasteiger partial charge in [-0.15, -0.1) is 11.3 Å². The summed E-state index contributed by atoms with van der Waals surface area (Å²) in [7, 11) is 0. The van der Waals surface area contributed by atoms with Crippen LogP contribution >= 0.6 is 11.3 Å². The maximum Gasteiger partial charge on any atom is 0.416 e. The number of carbonyl (C=O) groups is 1. The van der Waals surface area contributed by atoms with E-state index in [1.165, 1.54) is 23.5 Å².